The van der Waals surface area contributed by atoms with Crippen LogP contribution in [0.15, 0.2) is 60.9 Å². The summed E-state index contributed by atoms with van der Waals surface area (Å²) in [5.74, 6) is 0.533. The summed E-state index contributed by atoms with van der Waals surface area (Å²) in [5, 5.41) is 15.5. The second kappa shape index (κ2) is 29.3. The maximum atomic E-state index is 13.4. The number of ether oxygens (including phenoxy) is 3. The number of anilines is 6. The highest BCUT2D eigenvalue weighted by atomic mass is 35.5. The predicted molar refractivity (Wildman–Crippen MR) is 301 cm³/mol. The van der Waals surface area contributed by atoms with Crippen molar-refractivity contribution >= 4 is 81.9 Å². The minimum Gasteiger partial charge on any atom is -0.480 e. The highest BCUT2D eigenvalue weighted by molar-refractivity contribution is 6.66. The van der Waals surface area contributed by atoms with Crippen LogP contribution in [0.4, 0.5) is 49.3 Å². The Morgan fingerprint density at radius 1 is 0.615 bits per heavy atom. The van der Waals surface area contributed by atoms with E-state index in [-0.39, 0.29) is 49.1 Å². The van der Waals surface area contributed by atoms with Gasteiger partial charge in [0.05, 0.1) is 12.4 Å². The Morgan fingerprint density at radius 3 is 1.35 bits per heavy atom. The number of hydrogen-bond donors (Lipinski definition) is 3. The largest absolute Gasteiger partial charge is 0.480 e. The van der Waals surface area contributed by atoms with Crippen molar-refractivity contribution in [3.05, 3.63) is 72.1 Å². The molecule has 2 saturated heterocycles. The number of nitrogens with zero attached hydrogens (tertiary/aromatic N) is 10. The van der Waals surface area contributed by atoms with Crippen LogP contribution in [0.2, 0.25) is 0 Å². The number of aliphatic carboxylic acids is 1. The second-order valence-corrected chi connectivity index (χ2v) is 19.8. The zero-order chi connectivity index (χ0) is 57.1. The molecule has 22 nitrogen and oxygen atoms in total. The second-order valence-electron chi connectivity index (χ2n) is 19.5. The molecule has 78 heavy (non-hydrogen) atoms. The highest BCUT2D eigenvalue weighted by Gasteiger charge is 2.30. The third-order valence-corrected chi connectivity index (χ3v) is 13.1. The fourth-order valence-corrected chi connectivity index (χ4v) is 8.91. The normalized spacial score (nSPS) is 13.8. The number of carbonyl (C=O) groups is 6. The number of halogens is 1. The Balaban J connectivity index is 0.000000289. The van der Waals surface area contributed by atoms with Crippen LogP contribution in [-0.2, 0) is 32.0 Å². The van der Waals surface area contributed by atoms with Gasteiger partial charge in [-0.3, -0.25) is 14.5 Å². The Morgan fingerprint density at radius 2 is 1.00 bits per heavy atom. The van der Waals surface area contributed by atoms with Crippen molar-refractivity contribution in [2.45, 2.75) is 125 Å². The van der Waals surface area contributed by atoms with Crippen molar-refractivity contribution < 1.29 is 48.1 Å². The van der Waals surface area contributed by atoms with Gasteiger partial charge in [0, 0.05) is 85.2 Å². The van der Waals surface area contributed by atoms with Gasteiger partial charge < -0.3 is 54.5 Å². The van der Waals surface area contributed by atoms with Gasteiger partial charge in [-0.2, -0.15) is 9.97 Å². The number of nitrogens with one attached hydrogen (secondary N) is 2. The highest BCUT2D eigenvalue weighted by Crippen LogP contribution is 2.30. The Kier molecular flexibility index (Phi) is 23.1. The number of hydrogen-bond acceptors (Lipinski definition) is 17. The van der Waals surface area contributed by atoms with E-state index < -0.39 is 35.0 Å². The number of carbonyl (C=O) groups excluding carboxylic acids is 5. The summed E-state index contributed by atoms with van der Waals surface area (Å²) >= 11 is 5.88. The van der Waals surface area contributed by atoms with Crippen LogP contribution in [0.5, 0.6) is 11.5 Å². The standard InChI is InChI=1S/C29H41ClN6O5.C26H36N6O5/c1-7-34(8-2)27-31-19-23(36(9-3)26(30)38)24(33-27)32-22(25(37)41-29(4,5)6)18-20-12-14-21(15-13-20)40-28(39)35-16-10-11-17-35;1-5-30(6-2)25-27-17-22(32(7-3)18(4)33)23(29-25)28-21(24(34)35)16-19-10-12-20(13-11-19)37-26(36)31-14-8-9-15-31/h12-15,19,22H,7-11,16-18H2,1-6H3,(H,31,32,33);10-13,17,21H,5-9,14-16H2,1-4H3,(H,34,35)(H,27,28,29)/t22-;21-/m00/s1. The van der Waals surface area contributed by atoms with E-state index in [1.807, 2.05) is 44.4 Å². The molecule has 23 heteroatoms. The zero-order valence-electron chi connectivity index (χ0n) is 46.7. The smallest absolute Gasteiger partial charge is 0.415 e. The fraction of sp³-hybridized carbons (Fsp3) is 0.527. The zero-order valence-corrected chi connectivity index (χ0v) is 47.5. The molecular weight excluding hydrogens is 1020 g/mol. The average Bonchev–Trinajstić information content (AvgIpc) is 4.17. The molecule has 2 aromatic carbocycles. The first kappa shape index (κ1) is 61.4. The minimum atomic E-state index is -1.07. The number of esters is 1. The molecule has 0 saturated carbocycles. The van der Waals surface area contributed by atoms with Gasteiger partial charge in [0.15, 0.2) is 11.6 Å². The van der Waals surface area contributed by atoms with Crippen molar-refractivity contribution in [2.75, 3.05) is 95.7 Å². The van der Waals surface area contributed by atoms with Crippen molar-refractivity contribution in [2.24, 2.45) is 0 Å². The summed E-state index contributed by atoms with van der Waals surface area (Å²) in [5.41, 5.74) is 1.57. The number of aromatic nitrogens is 4. The molecule has 4 aromatic rings. The van der Waals surface area contributed by atoms with Crippen LogP contribution in [-0.4, -0.2) is 153 Å². The van der Waals surface area contributed by atoms with E-state index in [1.54, 1.807) is 92.2 Å². The summed E-state index contributed by atoms with van der Waals surface area (Å²) < 4.78 is 16.7. The molecule has 4 heterocycles. The van der Waals surface area contributed by atoms with Gasteiger partial charge in [0.1, 0.15) is 40.6 Å². The first-order valence-electron chi connectivity index (χ1n) is 26.8. The summed E-state index contributed by atoms with van der Waals surface area (Å²) in [6.45, 7) is 24.5. The minimum absolute atomic E-state index is 0.145. The maximum absolute atomic E-state index is 13.4. The molecule has 424 valence electrons. The number of carboxylic acid groups (broad SMARTS) is 1. The number of amides is 4. The molecule has 2 atom stereocenters. The Bertz CT molecular complexity index is 2640. The van der Waals surface area contributed by atoms with Gasteiger partial charge in [-0.05, 0) is 135 Å². The molecule has 0 radical (unpaired) electrons. The first-order chi connectivity index (χ1) is 37.2. The summed E-state index contributed by atoms with van der Waals surface area (Å²) in [6, 6.07) is 11.9. The molecule has 4 amide bonds. The van der Waals surface area contributed by atoms with Crippen LogP contribution in [0, 0.1) is 0 Å². The van der Waals surface area contributed by atoms with Crippen LogP contribution in [0.25, 0.3) is 0 Å². The molecule has 2 aliphatic heterocycles. The molecule has 2 fully saturated rings. The Hall–Kier alpha value is -7.49. The quantitative estimate of drug-likeness (QED) is 0.0378. The van der Waals surface area contributed by atoms with E-state index in [4.69, 9.17) is 30.8 Å². The summed E-state index contributed by atoms with van der Waals surface area (Å²) in [7, 11) is 0. The van der Waals surface area contributed by atoms with E-state index in [2.05, 4.69) is 25.6 Å². The van der Waals surface area contributed by atoms with Crippen LogP contribution in [0.1, 0.15) is 106 Å². The molecule has 2 aromatic heterocycles. The van der Waals surface area contributed by atoms with Crippen LogP contribution in [0.3, 0.4) is 0 Å². The molecule has 0 bridgehead atoms. The van der Waals surface area contributed by atoms with E-state index in [0.717, 1.165) is 36.8 Å². The molecule has 0 spiro atoms. The van der Waals surface area contributed by atoms with Crippen molar-refractivity contribution in [3.8, 4) is 11.5 Å². The molecule has 0 unspecified atom stereocenters. The molecule has 0 aliphatic carbocycles. The molecular formula is C55H77ClN12O10. The van der Waals surface area contributed by atoms with Crippen molar-refractivity contribution in [3.63, 3.8) is 0 Å². The van der Waals surface area contributed by atoms with E-state index >= 15 is 0 Å². The van der Waals surface area contributed by atoms with E-state index in [1.165, 1.54) is 22.9 Å². The number of likely N-dealkylation sites (tertiary alicyclic amines) is 2. The number of rotatable bonds is 22. The van der Waals surface area contributed by atoms with Gasteiger partial charge in [-0.1, -0.05) is 24.3 Å². The lowest BCUT2D eigenvalue weighted by Crippen LogP contribution is -2.39. The van der Waals surface area contributed by atoms with Gasteiger partial charge in [0.2, 0.25) is 17.8 Å². The first-order valence-corrected chi connectivity index (χ1v) is 27.2. The Labute approximate surface area is 462 Å². The summed E-state index contributed by atoms with van der Waals surface area (Å²) in [6.07, 6.45) is 6.64. The van der Waals surface area contributed by atoms with Crippen molar-refractivity contribution in [1.29, 1.82) is 0 Å². The van der Waals surface area contributed by atoms with E-state index in [9.17, 15) is 33.9 Å². The molecule has 6 rings (SSSR count). The lowest BCUT2D eigenvalue weighted by Gasteiger charge is -2.28. The fourth-order valence-electron chi connectivity index (χ4n) is 8.69. The average molecular weight is 1100 g/mol. The SMILES string of the molecule is CCN(CC)c1ncc(N(CC)C(=O)Cl)c(N[C@@H](Cc2ccc(OC(=O)N3CCCC3)cc2)C(=O)OC(C)(C)C)n1.CCN(CC)c1ncc(N(CC)C(C)=O)c(N[C@@H](Cc2ccc(OC(=O)N3CCCC3)cc2)C(=O)O)n1. The van der Waals surface area contributed by atoms with E-state index in [0.29, 0.717) is 93.7 Å². The van der Waals surface area contributed by atoms with Gasteiger partial charge in [0.25, 0.3) is 0 Å². The topological polar surface area (TPSA) is 245 Å². The van der Waals surface area contributed by atoms with Gasteiger partial charge in [-0.25, -0.2) is 29.1 Å². The van der Waals surface area contributed by atoms with Gasteiger partial charge in [-0.15, -0.1) is 0 Å². The monoisotopic (exact) mass is 1100 g/mol. The van der Waals surface area contributed by atoms with Crippen molar-refractivity contribution in [1.82, 2.24) is 29.7 Å². The van der Waals surface area contributed by atoms with Crippen LogP contribution >= 0.6 is 11.6 Å². The number of carboxylic acids is 1. The maximum Gasteiger partial charge on any atom is 0.415 e. The van der Waals surface area contributed by atoms with Crippen LogP contribution < -0.4 is 39.7 Å². The lowest BCUT2D eigenvalue weighted by molar-refractivity contribution is -0.155. The van der Waals surface area contributed by atoms with Gasteiger partial charge >= 0.3 is 29.5 Å². The summed E-state index contributed by atoms with van der Waals surface area (Å²) in [4.78, 5) is 103. The number of benzene rings is 2. The lowest BCUT2D eigenvalue weighted by atomic mass is 10.0. The third-order valence-electron chi connectivity index (χ3n) is 12.9. The molecule has 3 N–H and O–H groups in total. The molecule has 2 aliphatic rings. The predicted octanol–water partition coefficient (Wildman–Crippen LogP) is 8.87. The third kappa shape index (κ3) is 17.5.